The maximum absolute atomic E-state index is 13.0. The molecule has 212 valence electrons. The summed E-state index contributed by atoms with van der Waals surface area (Å²) in [6, 6.07) is 17.8. The molecule has 0 unspecified atom stereocenters. The molecule has 3 aromatic heterocycles. The van der Waals surface area contributed by atoms with Crippen molar-refractivity contribution in [3.8, 4) is 17.0 Å². The Balaban J connectivity index is 1.26. The molecule has 0 atom stereocenters. The van der Waals surface area contributed by atoms with Crippen molar-refractivity contribution in [2.24, 2.45) is 0 Å². The fourth-order valence-electron chi connectivity index (χ4n) is 4.64. The fraction of sp³-hybridized carbons (Fsp3) is 0.281. The second kappa shape index (κ2) is 12.3. The molecule has 0 aliphatic carbocycles. The van der Waals surface area contributed by atoms with Crippen LogP contribution < -0.4 is 15.6 Å². The van der Waals surface area contributed by atoms with Gasteiger partial charge in [-0.1, -0.05) is 38.1 Å². The number of hydrogen-bond donors (Lipinski definition) is 3. The second-order valence-electron chi connectivity index (χ2n) is 10.8. The van der Waals surface area contributed by atoms with Crippen LogP contribution in [0.1, 0.15) is 47.7 Å². The minimum absolute atomic E-state index is 0.258. The first-order valence-electron chi connectivity index (χ1n) is 13.8. The molecule has 0 aliphatic rings. The lowest BCUT2D eigenvalue weighted by Gasteiger charge is -2.10. The van der Waals surface area contributed by atoms with Crippen molar-refractivity contribution in [1.29, 1.82) is 0 Å². The van der Waals surface area contributed by atoms with E-state index in [0.717, 1.165) is 35.2 Å². The van der Waals surface area contributed by atoms with E-state index >= 15 is 0 Å². The van der Waals surface area contributed by atoms with E-state index in [2.05, 4.69) is 63.4 Å². The quantitative estimate of drug-likeness (QED) is 0.188. The number of amides is 1. The van der Waals surface area contributed by atoms with Crippen LogP contribution in [0.5, 0.6) is 5.75 Å². The Hall–Kier alpha value is -4.63. The van der Waals surface area contributed by atoms with Gasteiger partial charge in [0.15, 0.2) is 0 Å². The molecular weight excluding hydrogens is 516 g/mol. The number of fused-ring (bicyclic) bond motifs is 1. The molecule has 0 radical (unpaired) electrons. The standard InChI is InChI=1S/C32H36N6O3/c1-21(2)23-8-6-22(7-9-23)19-38-20-25(17-34-38)31(39)35-26-16-28(32(40)33-18-26)30-15-24-14-27(10-11-29(24)36-30)41-13-5-12-37(3)4/h6-11,14-18,20-21,36H,5,12-13,19H2,1-4H3,(H,33,40)(H,35,39). The maximum Gasteiger partial charge on any atom is 0.258 e. The van der Waals surface area contributed by atoms with Crippen LogP contribution in [-0.4, -0.2) is 57.8 Å². The zero-order chi connectivity index (χ0) is 28.9. The van der Waals surface area contributed by atoms with Gasteiger partial charge in [-0.2, -0.15) is 5.10 Å². The maximum atomic E-state index is 13.0. The van der Waals surface area contributed by atoms with Crippen molar-refractivity contribution in [2.75, 3.05) is 32.6 Å². The number of carbonyl (C=O) groups is 1. The van der Waals surface area contributed by atoms with Gasteiger partial charge >= 0.3 is 0 Å². The molecule has 3 heterocycles. The molecule has 0 saturated heterocycles. The van der Waals surface area contributed by atoms with E-state index in [1.165, 1.54) is 11.8 Å². The normalized spacial score (nSPS) is 11.5. The van der Waals surface area contributed by atoms with E-state index in [0.29, 0.717) is 41.6 Å². The Morgan fingerprint density at radius 2 is 1.90 bits per heavy atom. The van der Waals surface area contributed by atoms with Crippen molar-refractivity contribution >= 4 is 22.5 Å². The van der Waals surface area contributed by atoms with Crippen LogP contribution in [0.3, 0.4) is 0 Å². The van der Waals surface area contributed by atoms with Gasteiger partial charge in [0.05, 0.1) is 41.9 Å². The Labute approximate surface area is 239 Å². The number of carbonyl (C=O) groups excluding carboxylic acids is 1. The lowest BCUT2D eigenvalue weighted by Crippen LogP contribution is -2.15. The van der Waals surface area contributed by atoms with Crippen LogP contribution in [-0.2, 0) is 6.54 Å². The van der Waals surface area contributed by atoms with Crippen molar-refractivity contribution in [3.63, 3.8) is 0 Å². The number of H-pyrrole nitrogens is 2. The molecule has 5 rings (SSSR count). The lowest BCUT2D eigenvalue weighted by atomic mass is 10.0. The molecule has 0 aliphatic heterocycles. The summed E-state index contributed by atoms with van der Waals surface area (Å²) >= 11 is 0. The second-order valence-corrected chi connectivity index (χ2v) is 10.8. The molecule has 0 bridgehead atoms. The average molecular weight is 553 g/mol. The van der Waals surface area contributed by atoms with E-state index in [4.69, 9.17) is 4.74 Å². The summed E-state index contributed by atoms with van der Waals surface area (Å²) in [5.74, 6) is 0.950. The van der Waals surface area contributed by atoms with E-state index in [9.17, 15) is 9.59 Å². The fourth-order valence-corrected chi connectivity index (χ4v) is 4.64. The van der Waals surface area contributed by atoms with E-state index in [-0.39, 0.29) is 11.5 Å². The first-order valence-corrected chi connectivity index (χ1v) is 13.8. The van der Waals surface area contributed by atoms with Crippen molar-refractivity contribution in [2.45, 2.75) is 32.7 Å². The van der Waals surface area contributed by atoms with E-state index < -0.39 is 0 Å². The summed E-state index contributed by atoms with van der Waals surface area (Å²) in [6.07, 6.45) is 5.69. The number of aromatic nitrogens is 4. The van der Waals surface area contributed by atoms with Crippen molar-refractivity contribution in [1.82, 2.24) is 24.6 Å². The number of benzene rings is 2. The van der Waals surface area contributed by atoms with Gasteiger partial charge in [0.2, 0.25) is 0 Å². The summed E-state index contributed by atoms with van der Waals surface area (Å²) in [7, 11) is 4.08. The number of ether oxygens (including phenoxy) is 1. The molecular formula is C32H36N6O3. The van der Waals surface area contributed by atoms with Gasteiger partial charge in [0.25, 0.3) is 11.5 Å². The highest BCUT2D eigenvalue weighted by Gasteiger charge is 2.13. The van der Waals surface area contributed by atoms with Crippen LogP contribution >= 0.6 is 0 Å². The predicted octanol–water partition coefficient (Wildman–Crippen LogP) is 5.47. The van der Waals surface area contributed by atoms with E-state index in [1.807, 2.05) is 38.4 Å². The molecule has 41 heavy (non-hydrogen) atoms. The number of aromatic amines is 2. The molecule has 0 fully saturated rings. The van der Waals surface area contributed by atoms with Gasteiger partial charge < -0.3 is 24.9 Å². The molecule has 5 aromatic rings. The highest BCUT2D eigenvalue weighted by Crippen LogP contribution is 2.27. The third kappa shape index (κ3) is 6.93. The third-order valence-electron chi connectivity index (χ3n) is 6.95. The molecule has 9 nitrogen and oxygen atoms in total. The SMILES string of the molecule is CC(C)c1ccc(Cn2cc(C(=O)Nc3c[nH]c(=O)c(-c4cc5cc(OCCCN(C)C)ccc5[nH]4)c3)cn2)cc1. The minimum Gasteiger partial charge on any atom is -0.494 e. The smallest absolute Gasteiger partial charge is 0.258 e. The zero-order valence-corrected chi connectivity index (χ0v) is 23.9. The Bertz CT molecular complexity index is 1690. The van der Waals surface area contributed by atoms with E-state index in [1.54, 1.807) is 23.1 Å². The van der Waals surface area contributed by atoms with Gasteiger partial charge in [-0.25, -0.2) is 0 Å². The van der Waals surface area contributed by atoms with Crippen LogP contribution in [0.4, 0.5) is 5.69 Å². The average Bonchev–Trinajstić information content (AvgIpc) is 3.59. The summed E-state index contributed by atoms with van der Waals surface area (Å²) in [5, 5.41) is 8.16. The monoisotopic (exact) mass is 552 g/mol. The highest BCUT2D eigenvalue weighted by atomic mass is 16.5. The van der Waals surface area contributed by atoms with Gasteiger partial charge in [0.1, 0.15) is 5.75 Å². The Kier molecular flexibility index (Phi) is 8.35. The predicted molar refractivity (Wildman–Crippen MR) is 163 cm³/mol. The first kappa shape index (κ1) is 27.9. The molecule has 2 aromatic carbocycles. The number of nitrogens with zero attached hydrogens (tertiary/aromatic N) is 3. The van der Waals surface area contributed by atoms with Crippen LogP contribution in [0, 0.1) is 0 Å². The zero-order valence-electron chi connectivity index (χ0n) is 23.9. The molecule has 0 saturated carbocycles. The summed E-state index contributed by atoms with van der Waals surface area (Å²) in [4.78, 5) is 33.8. The lowest BCUT2D eigenvalue weighted by molar-refractivity contribution is 0.102. The van der Waals surface area contributed by atoms with Crippen LogP contribution in [0.15, 0.2) is 78.0 Å². The number of pyridine rings is 1. The summed E-state index contributed by atoms with van der Waals surface area (Å²) in [5.41, 5.74) is 5.01. The highest BCUT2D eigenvalue weighted by molar-refractivity contribution is 6.04. The van der Waals surface area contributed by atoms with Gasteiger partial charge in [-0.05, 0) is 67.9 Å². The molecule has 1 amide bonds. The number of anilines is 1. The molecule has 0 spiro atoms. The van der Waals surface area contributed by atoms with Gasteiger partial charge in [-0.15, -0.1) is 0 Å². The topological polar surface area (TPSA) is 108 Å². The number of rotatable bonds is 11. The van der Waals surface area contributed by atoms with Crippen LogP contribution in [0.25, 0.3) is 22.2 Å². The largest absolute Gasteiger partial charge is 0.494 e. The van der Waals surface area contributed by atoms with Crippen molar-refractivity contribution in [3.05, 3.63) is 100 Å². The third-order valence-corrected chi connectivity index (χ3v) is 6.95. The Morgan fingerprint density at radius 3 is 2.66 bits per heavy atom. The van der Waals surface area contributed by atoms with Crippen molar-refractivity contribution < 1.29 is 9.53 Å². The first-order chi connectivity index (χ1) is 19.7. The Morgan fingerprint density at radius 1 is 1.10 bits per heavy atom. The number of nitrogens with one attached hydrogen (secondary N) is 3. The summed E-state index contributed by atoms with van der Waals surface area (Å²) < 4.78 is 7.63. The van der Waals surface area contributed by atoms with Crippen LogP contribution in [0.2, 0.25) is 0 Å². The number of hydrogen-bond acceptors (Lipinski definition) is 5. The summed E-state index contributed by atoms with van der Waals surface area (Å²) in [6.45, 7) is 6.49. The molecule has 3 N–H and O–H groups in total. The van der Waals surface area contributed by atoms with Gasteiger partial charge in [0, 0.05) is 29.8 Å². The minimum atomic E-state index is -0.308. The molecule has 9 heteroatoms. The van der Waals surface area contributed by atoms with Gasteiger partial charge in [-0.3, -0.25) is 14.3 Å².